The number of halogens is 2. The van der Waals surface area contributed by atoms with Gasteiger partial charge in [0, 0.05) is 24.4 Å². The Morgan fingerprint density at radius 2 is 1.92 bits per heavy atom. The highest BCUT2D eigenvalue weighted by Crippen LogP contribution is 2.19. The Labute approximate surface area is 164 Å². The van der Waals surface area contributed by atoms with E-state index in [1.165, 1.54) is 6.33 Å². The maximum Gasteiger partial charge on any atom is 0.253 e. The summed E-state index contributed by atoms with van der Waals surface area (Å²) in [6, 6.07) is 8.18. The molecule has 1 amide bonds. The summed E-state index contributed by atoms with van der Waals surface area (Å²) in [5.41, 5.74) is 1.91. The van der Waals surface area contributed by atoms with Crippen molar-refractivity contribution >= 4 is 42.5 Å². The van der Waals surface area contributed by atoms with Gasteiger partial charge < -0.3 is 10.2 Å². The lowest BCUT2D eigenvalue weighted by molar-refractivity contribution is 0.0703. The first-order valence-corrected chi connectivity index (χ1v) is 8.77. The first kappa shape index (κ1) is 21.8. The molecule has 0 saturated carbocycles. The van der Waals surface area contributed by atoms with Gasteiger partial charge in [-0.3, -0.25) is 9.89 Å². The summed E-state index contributed by atoms with van der Waals surface area (Å²) in [6.07, 6.45) is 3.54. The van der Waals surface area contributed by atoms with Crippen LogP contribution in [0.25, 0.3) is 0 Å². The summed E-state index contributed by atoms with van der Waals surface area (Å²) in [4.78, 5) is 18.5. The van der Waals surface area contributed by atoms with E-state index < -0.39 is 0 Å². The first-order chi connectivity index (χ1) is 11.2. The van der Waals surface area contributed by atoms with E-state index in [9.17, 15) is 4.79 Å². The Morgan fingerprint density at radius 3 is 2.52 bits per heavy atom. The highest BCUT2D eigenvalue weighted by atomic mass is 35.5. The molecule has 25 heavy (non-hydrogen) atoms. The number of rotatable bonds is 5. The van der Waals surface area contributed by atoms with Crippen molar-refractivity contribution in [2.45, 2.75) is 29.8 Å². The van der Waals surface area contributed by atoms with Crippen LogP contribution in [0.1, 0.15) is 28.8 Å². The number of carbonyl (C=O) groups excluding carboxylic acids is 1. The molecule has 1 fully saturated rings. The Kier molecular flexibility index (Phi) is 9.27. The fourth-order valence-electron chi connectivity index (χ4n) is 2.72. The topological polar surface area (TPSA) is 73.9 Å². The van der Waals surface area contributed by atoms with E-state index in [1.807, 2.05) is 36.2 Å². The summed E-state index contributed by atoms with van der Waals surface area (Å²) in [6.45, 7) is 1.97. The second kappa shape index (κ2) is 10.7. The lowest BCUT2D eigenvalue weighted by Crippen LogP contribution is -2.43. The van der Waals surface area contributed by atoms with Gasteiger partial charge in [0.1, 0.15) is 6.33 Å². The second-order valence-electron chi connectivity index (χ2n) is 5.67. The molecule has 1 aliphatic rings. The monoisotopic (exact) mass is 403 g/mol. The molecule has 0 atom stereocenters. The number of H-pyrrole nitrogens is 1. The van der Waals surface area contributed by atoms with Gasteiger partial charge in [-0.1, -0.05) is 23.9 Å². The molecule has 138 valence electrons. The quantitative estimate of drug-likeness (QED) is 0.750. The van der Waals surface area contributed by atoms with Gasteiger partial charge in [-0.2, -0.15) is 5.10 Å². The van der Waals surface area contributed by atoms with E-state index >= 15 is 0 Å². The normalized spacial score (nSPS) is 14.3. The molecule has 1 aromatic carbocycles. The number of nitrogens with zero attached hydrogens (tertiary/aromatic N) is 3. The molecule has 1 saturated heterocycles. The Bertz CT molecular complexity index is 632. The molecule has 1 aliphatic heterocycles. The van der Waals surface area contributed by atoms with E-state index in [-0.39, 0.29) is 30.7 Å². The smallest absolute Gasteiger partial charge is 0.253 e. The third-order valence-corrected chi connectivity index (χ3v) is 5.09. The number of thioether (sulfide) groups is 1. The zero-order valence-corrected chi connectivity index (χ0v) is 16.4. The fraction of sp³-hybridized carbons (Fsp3) is 0.438. The number of piperidine rings is 1. The minimum absolute atomic E-state index is 0. The van der Waals surface area contributed by atoms with E-state index in [4.69, 9.17) is 0 Å². The highest BCUT2D eigenvalue weighted by molar-refractivity contribution is 7.98. The van der Waals surface area contributed by atoms with Crippen LogP contribution in [-0.4, -0.2) is 52.2 Å². The van der Waals surface area contributed by atoms with Crippen LogP contribution >= 0.6 is 36.6 Å². The van der Waals surface area contributed by atoms with Crippen LogP contribution in [-0.2, 0) is 5.75 Å². The molecule has 3 rings (SSSR count). The number of aromatic amines is 1. The molecule has 0 bridgehead atoms. The fourth-order valence-corrected chi connectivity index (χ4v) is 3.46. The van der Waals surface area contributed by atoms with Crippen molar-refractivity contribution in [2.75, 3.05) is 20.1 Å². The van der Waals surface area contributed by atoms with Gasteiger partial charge in [0.05, 0.1) is 0 Å². The highest BCUT2D eigenvalue weighted by Gasteiger charge is 2.22. The van der Waals surface area contributed by atoms with Crippen molar-refractivity contribution in [2.24, 2.45) is 0 Å². The van der Waals surface area contributed by atoms with Crippen LogP contribution in [0.5, 0.6) is 0 Å². The van der Waals surface area contributed by atoms with Crippen LogP contribution in [0.15, 0.2) is 35.7 Å². The van der Waals surface area contributed by atoms with Crippen LogP contribution < -0.4 is 5.32 Å². The number of hydrogen-bond donors (Lipinski definition) is 2. The molecule has 2 heterocycles. The largest absolute Gasteiger partial charge is 0.339 e. The average Bonchev–Trinajstić information content (AvgIpc) is 3.13. The van der Waals surface area contributed by atoms with Gasteiger partial charge in [0.2, 0.25) is 0 Å². The summed E-state index contributed by atoms with van der Waals surface area (Å²) >= 11 is 1.59. The van der Waals surface area contributed by atoms with Crippen LogP contribution in [0.4, 0.5) is 0 Å². The zero-order valence-electron chi connectivity index (χ0n) is 14.0. The number of carbonyl (C=O) groups is 1. The maximum atomic E-state index is 12.6. The molecule has 9 heteroatoms. The van der Waals surface area contributed by atoms with E-state index in [0.29, 0.717) is 6.04 Å². The summed E-state index contributed by atoms with van der Waals surface area (Å²) in [7, 11) is 1.91. The summed E-state index contributed by atoms with van der Waals surface area (Å²) < 4.78 is 0. The van der Waals surface area contributed by atoms with Crippen molar-refractivity contribution < 1.29 is 4.79 Å². The van der Waals surface area contributed by atoms with Crippen molar-refractivity contribution in [3.8, 4) is 0 Å². The van der Waals surface area contributed by atoms with E-state index in [2.05, 4.69) is 20.5 Å². The minimum atomic E-state index is 0. The van der Waals surface area contributed by atoms with Crippen LogP contribution in [0.2, 0.25) is 0 Å². The van der Waals surface area contributed by atoms with Crippen LogP contribution in [0.3, 0.4) is 0 Å². The Hall–Kier alpha value is -1.28. The van der Waals surface area contributed by atoms with Crippen LogP contribution in [0, 0.1) is 0 Å². The van der Waals surface area contributed by atoms with Crippen molar-refractivity contribution in [3.05, 3.63) is 41.7 Å². The molecule has 0 unspecified atom stereocenters. The molecular formula is C16H23Cl2N5OS. The lowest BCUT2D eigenvalue weighted by atomic mass is 10.0. The molecule has 0 aliphatic carbocycles. The van der Waals surface area contributed by atoms with Crippen molar-refractivity contribution in [1.29, 1.82) is 0 Å². The molecule has 0 spiro atoms. The van der Waals surface area contributed by atoms with E-state index in [1.54, 1.807) is 11.8 Å². The Morgan fingerprint density at radius 1 is 1.24 bits per heavy atom. The minimum Gasteiger partial charge on any atom is -0.339 e. The molecule has 2 aromatic rings. The van der Waals surface area contributed by atoms with Gasteiger partial charge in [-0.05, 0) is 43.6 Å². The number of nitrogens with one attached hydrogen (secondary N) is 2. The molecule has 0 radical (unpaired) electrons. The van der Waals surface area contributed by atoms with Gasteiger partial charge in [0.15, 0.2) is 5.16 Å². The van der Waals surface area contributed by atoms with Gasteiger partial charge >= 0.3 is 0 Å². The van der Waals surface area contributed by atoms with Gasteiger partial charge in [0.25, 0.3) is 5.91 Å². The third-order valence-electron chi connectivity index (χ3n) is 4.15. The lowest BCUT2D eigenvalue weighted by Gasteiger charge is -2.31. The second-order valence-corrected chi connectivity index (χ2v) is 6.64. The third kappa shape index (κ3) is 5.88. The number of benzene rings is 1. The average molecular weight is 404 g/mol. The first-order valence-electron chi connectivity index (χ1n) is 7.79. The predicted octanol–water partition coefficient (Wildman–Crippen LogP) is 2.76. The molecule has 1 aromatic heterocycles. The van der Waals surface area contributed by atoms with Gasteiger partial charge in [-0.25, -0.2) is 4.98 Å². The maximum absolute atomic E-state index is 12.6. The van der Waals surface area contributed by atoms with E-state index in [0.717, 1.165) is 48.0 Å². The standard InChI is InChI=1S/C16H21N5OS.2ClH/c1-21(14-6-8-17-9-7-14)15(22)13-4-2-12(3-5-13)10-23-16-18-11-19-20-16;;/h2-5,11,14,17H,6-10H2,1H3,(H,18,19,20);2*1H. The molecule has 6 nitrogen and oxygen atoms in total. The number of aromatic nitrogens is 3. The molecular weight excluding hydrogens is 381 g/mol. The SMILES string of the molecule is CN(C(=O)c1ccc(CSc2ncn[nH]2)cc1)C1CCNCC1.Cl.Cl. The zero-order chi connectivity index (χ0) is 16.1. The number of hydrogen-bond acceptors (Lipinski definition) is 5. The number of amides is 1. The summed E-state index contributed by atoms with van der Waals surface area (Å²) in [5.74, 6) is 0.902. The van der Waals surface area contributed by atoms with Crippen molar-refractivity contribution in [3.63, 3.8) is 0 Å². The van der Waals surface area contributed by atoms with Crippen molar-refractivity contribution in [1.82, 2.24) is 25.4 Å². The molecule has 2 N–H and O–H groups in total. The summed E-state index contributed by atoms with van der Waals surface area (Å²) in [5, 5.41) is 10.8. The Balaban J connectivity index is 0.00000156. The predicted molar refractivity (Wildman–Crippen MR) is 105 cm³/mol. The van der Waals surface area contributed by atoms with Gasteiger partial charge in [-0.15, -0.1) is 24.8 Å².